The second kappa shape index (κ2) is 6.63. The molecule has 3 rings (SSSR count). The molecule has 6 nitrogen and oxygen atoms in total. The number of aromatic nitrogens is 1. The molecular weight excluding hydrogens is 294 g/mol. The van der Waals surface area contributed by atoms with E-state index in [0.717, 1.165) is 11.3 Å². The second-order valence-corrected chi connectivity index (χ2v) is 5.64. The van der Waals surface area contributed by atoms with Gasteiger partial charge in [-0.2, -0.15) is 5.26 Å². The molecule has 23 heavy (non-hydrogen) atoms. The molecule has 2 aromatic rings. The first-order chi connectivity index (χ1) is 11.2. The zero-order valence-corrected chi connectivity index (χ0v) is 12.6. The van der Waals surface area contributed by atoms with Crippen molar-refractivity contribution < 1.29 is 14.4 Å². The van der Waals surface area contributed by atoms with Crippen LogP contribution in [0.3, 0.4) is 0 Å². The number of nitrogens with zero attached hydrogens (tertiary/aromatic N) is 3. The van der Waals surface area contributed by atoms with Gasteiger partial charge in [0.1, 0.15) is 6.61 Å². The number of benzene rings is 1. The predicted molar refractivity (Wildman–Crippen MR) is 81.2 cm³/mol. The van der Waals surface area contributed by atoms with Crippen LogP contribution in [0.15, 0.2) is 40.9 Å². The van der Waals surface area contributed by atoms with Crippen molar-refractivity contribution in [2.24, 2.45) is 0 Å². The molecule has 1 atom stereocenters. The van der Waals surface area contributed by atoms with Gasteiger partial charge in [-0.05, 0) is 5.56 Å². The molecule has 1 aromatic carbocycles. The summed E-state index contributed by atoms with van der Waals surface area (Å²) in [6.07, 6.45) is 0.169. The fraction of sp³-hybridized carbons (Fsp3) is 0.353. The Hall–Kier alpha value is -2.65. The first kappa shape index (κ1) is 15.3. The predicted octanol–water partition coefficient (Wildman–Crippen LogP) is 1.79. The van der Waals surface area contributed by atoms with Gasteiger partial charge in [0.25, 0.3) is 0 Å². The van der Waals surface area contributed by atoms with Crippen LogP contribution in [0.4, 0.5) is 0 Å². The highest BCUT2D eigenvalue weighted by Gasteiger charge is 2.37. The highest BCUT2D eigenvalue weighted by atomic mass is 16.5. The summed E-state index contributed by atoms with van der Waals surface area (Å²) in [6, 6.07) is 13.2. The number of likely N-dealkylation sites (tertiary alicyclic amines) is 1. The monoisotopic (exact) mass is 311 g/mol. The van der Waals surface area contributed by atoms with Crippen molar-refractivity contribution >= 4 is 5.91 Å². The van der Waals surface area contributed by atoms with Gasteiger partial charge in [0, 0.05) is 25.1 Å². The molecule has 1 aromatic heterocycles. The van der Waals surface area contributed by atoms with E-state index >= 15 is 0 Å². The minimum absolute atomic E-state index is 0.0279. The first-order valence-corrected chi connectivity index (χ1v) is 7.50. The van der Waals surface area contributed by atoms with Gasteiger partial charge < -0.3 is 14.5 Å². The van der Waals surface area contributed by atoms with E-state index in [0.29, 0.717) is 18.8 Å². The molecule has 2 heterocycles. The minimum atomic E-state index is -0.424. The molecule has 6 heteroatoms. The molecule has 0 saturated carbocycles. The van der Waals surface area contributed by atoms with Gasteiger partial charge >= 0.3 is 0 Å². The molecule has 0 radical (unpaired) electrons. The molecule has 1 fully saturated rings. The topological polar surface area (TPSA) is 90.4 Å². The van der Waals surface area contributed by atoms with E-state index in [2.05, 4.69) is 11.2 Å². The Morgan fingerprint density at radius 2 is 2.17 bits per heavy atom. The normalized spacial score (nSPS) is 15.7. The molecule has 0 bridgehead atoms. The summed E-state index contributed by atoms with van der Waals surface area (Å²) in [5.74, 6) is 0.102. The van der Waals surface area contributed by atoms with Gasteiger partial charge in [-0.3, -0.25) is 4.79 Å². The van der Waals surface area contributed by atoms with Crippen molar-refractivity contribution in [2.75, 3.05) is 13.1 Å². The molecule has 1 saturated heterocycles. The van der Waals surface area contributed by atoms with Crippen molar-refractivity contribution in [3.05, 3.63) is 53.4 Å². The summed E-state index contributed by atoms with van der Waals surface area (Å²) in [7, 11) is 0. The summed E-state index contributed by atoms with van der Waals surface area (Å²) < 4.78 is 4.98. The Morgan fingerprint density at radius 1 is 1.43 bits per heavy atom. The van der Waals surface area contributed by atoms with Crippen LogP contribution >= 0.6 is 0 Å². The van der Waals surface area contributed by atoms with E-state index in [9.17, 15) is 4.79 Å². The number of carbonyl (C=O) groups is 1. The maximum absolute atomic E-state index is 12.6. The number of carbonyl (C=O) groups excluding carboxylic acids is 1. The minimum Gasteiger partial charge on any atom is -0.388 e. The number of hydrogen-bond acceptors (Lipinski definition) is 5. The Labute approximate surface area is 133 Å². The third-order valence-corrected chi connectivity index (χ3v) is 4.14. The molecule has 0 spiro atoms. The zero-order valence-electron chi connectivity index (χ0n) is 12.6. The summed E-state index contributed by atoms with van der Waals surface area (Å²) >= 11 is 0. The Balaban J connectivity index is 1.65. The molecule has 0 aliphatic carbocycles. The Bertz CT molecular complexity index is 714. The lowest BCUT2D eigenvalue weighted by molar-refractivity contribution is -0.137. The largest absolute Gasteiger partial charge is 0.388 e. The van der Waals surface area contributed by atoms with Crippen molar-refractivity contribution in [3.8, 4) is 6.07 Å². The van der Waals surface area contributed by atoms with Gasteiger partial charge in [0.2, 0.25) is 5.91 Å². The highest BCUT2D eigenvalue weighted by Crippen LogP contribution is 2.31. The van der Waals surface area contributed by atoms with E-state index in [1.807, 2.05) is 30.3 Å². The summed E-state index contributed by atoms with van der Waals surface area (Å²) in [6.45, 7) is 0.941. The van der Waals surface area contributed by atoms with Gasteiger partial charge in [0.05, 0.1) is 24.1 Å². The molecule has 118 valence electrons. The average Bonchev–Trinajstić information content (AvgIpc) is 3.00. The maximum Gasteiger partial charge on any atom is 0.231 e. The quantitative estimate of drug-likeness (QED) is 0.909. The average molecular weight is 311 g/mol. The van der Waals surface area contributed by atoms with Crippen LogP contribution in [-0.4, -0.2) is 34.2 Å². The standard InChI is InChI=1S/C17H17N3O3/c18-7-6-15(12-4-2-1-3-5-12)17(22)20-9-13(10-20)16-8-14(11-21)23-19-16/h1-5,8,13,15,21H,6,9-11H2. The fourth-order valence-electron chi connectivity index (χ4n) is 2.79. The lowest BCUT2D eigenvalue weighted by Gasteiger charge is -2.39. The van der Waals surface area contributed by atoms with Crippen LogP contribution in [0, 0.1) is 11.3 Å². The number of aliphatic hydroxyl groups is 1. The second-order valence-electron chi connectivity index (χ2n) is 5.64. The number of amides is 1. The fourth-order valence-corrected chi connectivity index (χ4v) is 2.79. The van der Waals surface area contributed by atoms with E-state index in [4.69, 9.17) is 14.9 Å². The molecular formula is C17H17N3O3. The highest BCUT2D eigenvalue weighted by molar-refractivity contribution is 5.85. The van der Waals surface area contributed by atoms with Gasteiger partial charge in [-0.15, -0.1) is 0 Å². The lowest BCUT2D eigenvalue weighted by Crippen LogP contribution is -2.50. The Morgan fingerprint density at radius 3 is 2.78 bits per heavy atom. The van der Waals surface area contributed by atoms with Crippen molar-refractivity contribution in [1.29, 1.82) is 5.26 Å². The van der Waals surface area contributed by atoms with Crippen molar-refractivity contribution in [1.82, 2.24) is 10.1 Å². The Kier molecular flexibility index (Phi) is 4.40. The molecule has 1 aliphatic rings. The van der Waals surface area contributed by atoms with Crippen molar-refractivity contribution in [3.63, 3.8) is 0 Å². The van der Waals surface area contributed by atoms with Gasteiger partial charge in [-0.1, -0.05) is 35.5 Å². The number of nitriles is 1. The smallest absolute Gasteiger partial charge is 0.231 e. The van der Waals surface area contributed by atoms with Crippen LogP contribution in [0.2, 0.25) is 0 Å². The SMILES string of the molecule is N#CCC(C(=O)N1CC(c2cc(CO)on2)C1)c1ccccc1. The van der Waals surface area contributed by atoms with E-state index < -0.39 is 5.92 Å². The zero-order chi connectivity index (χ0) is 16.2. The summed E-state index contributed by atoms with van der Waals surface area (Å²) in [5.41, 5.74) is 1.63. The van der Waals surface area contributed by atoms with Crippen LogP contribution in [-0.2, 0) is 11.4 Å². The van der Waals surface area contributed by atoms with E-state index in [1.165, 1.54) is 0 Å². The number of hydrogen-bond donors (Lipinski definition) is 1. The summed E-state index contributed by atoms with van der Waals surface area (Å²) in [4.78, 5) is 14.4. The van der Waals surface area contributed by atoms with Crippen LogP contribution in [0.1, 0.15) is 35.3 Å². The first-order valence-electron chi connectivity index (χ1n) is 7.50. The van der Waals surface area contributed by atoms with E-state index in [1.54, 1.807) is 11.0 Å². The van der Waals surface area contributed by atoms with Gasteiger partial charge in [0.15, 0.2) is 5.76 Å². The lowest BCUT2D eigenvalue weighted by atomic mass is 9.90. The molecule has 1 aliphatic heterocycles. The summed E-state index contributed by atoms with van der Waals surface area (Å²) in [5, 5.41) is 21.9. The van der Waals surface area contributed by atoms with Crippen LogP contribution in [0.5, 0.6) is 0 Å². The van der Waals surface area contributed by atoms with E-state index in [-0.39, 0.29) is 24.9 Å². The molecule has 1 N–H and O–H groups in total. The third kappa shape index (κ3) is 3.10. The third-order valence-electron chi connectivity index (χ3n) is 4.14. The number of aliphatic hydroxyl groups excluding tert-OH is 1. The molecule has 1 amide bonds. The van der Waals surface area contributed by atoms with Crippen LogP contribution in [0.25, 0.3) is 0 Å². The number of rotatable bonds is 5. The van der Waals surface area contributed by atoms with Crippen molar-refractivity contribution in [2.45, 2.75) is 24.9 Å². The molecule has 1 unspecified atom stereocenters. The van der Waals surface area contributed by atoms with Crippen LogP contribution < -0.4 is 0 Å². The van der Waals surface area contributed by atoms with Gasteiger partial charge in [-0.25, -0.2) is 0 Å². The maximum atomic E-state index is 12.6.